The molecule has 134 valence electrons. The first kappa shape index (κ1) is 18.1. The molecule has 2 heterocycles. The van der Waals surface area contributed by atoms with E-state index in [0.717, 1.165) is 5.69 Å². The molecule has 3 rings (SSSR count). The SMILES string of the molecule is CC(C)(C)c1cc(NC(=O)c2ccc(Cl)nc2)n(-c2ccc(F)cc2)n1. The summed E-state index contributed by atoms with van der Waals surface area (Å²) in [6.07, 6.45) is 1.40. The molecular weight excluding hydrogens is 355 g/mol. The van der Waals surface area contributed by atoms with Crippen molar-refractivity contribution in [1.29, 1.82) is 0 Å². The van der Waals surface area contributed by atoms with Crippen molar-refractivity contribution in [3.63, 3.8) is 0 Å². The van der Waals surface area contributed by atoms with Gasteiger partial charge in [0.05, 0.1) is 16.9 Å². The first-order valence-electron chi connectivity index (χ1n) is 8.03. The van der Waals surface area contributed by atoms with E-state index in [1.54, 1.807) is 28.9 Å². The molecule has 0 unspecified atom stereocenters. The number of nitrogens with zero attached hydrogens (tertiary/aromatic N) is 3. The molecule has 0 radical (unpaired) electrons. The van der Waals surface area contributed by atoms with Crippen molar-refractivity contribution < 1.29 is 9.18 Å². The number of pyridine rings is 1. The largest absolute Gasteiger partial charge is 0.306 e. The fourth-order valence-electron chi connectivity index (χ4n) is 2.31. The number of benzene rings is 1. The van der Waals surface area contributed by atoms with Crippen LogP contribution in [0.15, 0.2) is 48.7 Å². The summed E-state index contributed by atoms with van der Waals surface area (Å²) in [6, 6.07) is 10.9. The van der Waals surface area contributed by atoms with Crippen LogP contribution in [0.2, 0.25) is 5.15 Å². The lowest BCUT2D eigenvalue weighted by atomic mass is 9.92. The Labute approximate surface area is 155 Å². The predicted octanol–water partition coefficient (Wildman–Crippen LogP) is 4.61. The fourth-order valence-corrected chi connectivity index (χ4v) is 2.43. The van der Waals surface area contributed by atoms with Gasteiger partial charge in [0.15, 0.2) is 0 Å². The highest BCUT2D eigenvalue weighted by atomic mass is 35.5. The summed E-state index contributed by atoms with van der Waals surface area (Å²) in [5, 5.41) is 7.73. The van der Waals surface area contributed by atoms with Gasteiger partial charge in [-0.05, 0) is 36.4 Å². The summed E-state index contributed by atoms with van der Waals surface area (Å²) in [7, 11) is 0. The molecule has 1 aromatic carbocycles. The van der Waals surface area contributed by atoms with E-state index in [2.05, 4.69) is 15.4 Å². The zero-order valence-electron chi connectivity index (χ0n) is 14.6. The minimum absolute atomic E-state index is 0.216. The maximum Gasteiger partial charge on any atom is 0.258 e. The third-order valence-corrected chi connectivity index (χ3v) is 4.00. The highest BCUT2D eigenvalue weighted by Gasteiger charge is 2.22. The molecule has 0 atom stereocenters. The van der Waals surface area contributed by atoms with Gasteiger partial charge in [0.1, 0.15) is 16.8 Å². The van der Waals surface area contributed by atoms with E-state index >= 15 is 0 Å². The number of carbonyl (C=O) groups excluding carboxylic acids is 1. The molecule has 26 heavy (non-hydrogen) atoms. The summed E-state index contributed by atoms with van der Waals surface area (Å²) >= 11 is 5.76. The van der Waals surface area contributed by atoms with Gasteiger partial charge in [0, 0.05) is 17.7 Å². The molecular formula is C19H18ClFN4O. The average Bonchev–Trinajstić information content (AvgIpc) is 3.00. The molecule has 0 aliphatic heterocycles. The molecule has 0 aliphatic rings. The lowest BCUT2D eigenvalue weighted by molar-refractivity contribution is 0.102. The zero-order chi connectivity index (χ0) is 18.9. The Balaban J connectivity index is 1.99. The van der Waals surface area contributed by atoms with Crippen molar-refractivity contribution in [3.05, 3.63) is 70.9 Å². The summed E-state index contributed by atoms with van der Waals surface area (Å²) < 4.78 is 14.8. The van der Waals surface area contributed by atoms with E-state index in [9.17, 15) is 9.18 Å². The first-order valence-corrected chi connectivity index (χ1v) is 8.41. The van der Waals surface area contributed by atoms with Gasteiger partial charge in [-0.15, -0.1) is 0 Å². The van der Waals surface area contributed by atoms with Crippen molar-refractivity contribution in [2.45, 2.75) is 26.2 Å². The number of aromatic nitrogens is 3. The van der Waals surface area contributed by atoms with Crippen LogP contribution < -0.4 is 5.32 Å². The van der Waals surface area contributed by atoms with Crippen LogP contribution >= 0.6 is 11.6 Å². The lowest BCUT2D eigenvalue weighted by Gasteiger charge is -2.14. The van der Waals surface area contributed by atoms with Crippen molar-refractivity contribution >= 4 is 23.3 Å². The Hall–Kier alpha value is -2.73. The maximum atomic E-state index is 13.2. The van der Waals surface area contributed by atoms with Gasteiger partial charge >= 0.3 is 0 Å². The molecule has 5 nitrogen and oxygen atoms in total. The normalized spacial score (nSPS) is 11.4. The predicted molar refractivity (Wildman–Crippen MR) is 99.4 cm³/mol. The van der Waals surface area contributed by atoms with E-state index in [0.29, 0.717) is 22.2 Å². The summed E-state index contributed by atoms with van der Waals surface area (Å²) in [5.41, 5.74) is 1.60. The molecule has 0 spiro atoms. The average molecular weight is 373 g/mol. The standard InChI is InChI=1S/C19H18ClFN4O/c1-19(2,3)15-10-17(23-18(26)12-4-9-16(20)22-11-12)25(24-15)14-7-5-13(21)6-8-14/h4-11H,1-3H3,(H,23,26). The minimum atomic E-state index is -0.338. The number of amides is 1. The topological polar surface area (TPSA) is 59.8 Å². The molecule has 0 fully saturated rings. The third kappa shape index (κ3) is 3.91. The molecule has 0 aliphatic carbocycles. The number of hydrogen-bond acceptors (Lipinski definition) is 3. The third-order valence-electron chi connectivity index (χ3n) is 3.78. The van der Waals surface area contributed by atoms with Crippen molar-refractivity contribution in [2.24, 2.45) is 0 Å². The minimum Gasteiger partial charge on any atom is -0.306 e. The Morgan fingerprint density at radius 2 is 1.85 bits per heavy atom. The van der Waals surface area contributed by atoms with Crippen molar-refractivity contribution in [1.82, 2.24) is 14.8 Å². The monoisotopic (exact) mass is 372 g/mol. The highest BCUT2D eigenvalue weighted by Crippen LogP contribution is 2.26. The fraction of sp³-hybridized carbons (Fsp3) is 0.211. The zero-order valence-corrected chi connectivity index (χ0v) is 15.4. The number of nitrogens with one attached hydrogen (secondary N) is 1. The van der Waals surface area contributed by atoms with Crippen LogP contribution in [0.1, 0.15) is 36.8 Å². The first-order chi connectivity index (χ1) is 12.2. The molecule has 2 aromatic heterocycles. The second kappa shape index (κ2) is 6.88. The van der Waals surface area contributed by atoms with Crippen LogP contribution in [0.4, 0.5) is 10.2 Å². The van der Waals surface area contributed by atoms with Gasteiger partial charge in [-0.2, -0.15) is 5.10 Å². The smallest absolute Gasteiger partial charge is 0.258 e. The van der Waals surface area contributed by atoms with Crippen LogP contribution in [0.3, 0.4) is 0 Å². The Morgan fingerprint density at radius 3 is 2.42 bits per heavy atom. The van der Waals surface area contributed by atoms with E-state index < -0.39 is 0 Å². The van der Waals surface area contributed by atoms with Crippen molar-refractivity contribution in [3.8, 4) is 5.69 Å². The van der Waals surface area contributed by atoms with Gasteiger partial charge in [0.2, 0.25) is 0 Å². The van der Waals surface area contributed by atoms with E-state index in [1.807, 2.05) is 26.8 Å². The lowest BCUT2D eigenvalue weighted by Crippen LogP contribution is -2.15. The quantitative estimate of drug-likeness (QED) is 0.683. The number of halogens is 2. The Bertz CT molecular complexity index is 928. The second-order valence-electron chi connectivity index (χ2n) is 6.88. The Kier molecular flexibility index (Phi) is 4.78. The van der Waals surface area contributed by atoms with E-state index in [4.69, 9.17) is 11.6 Å². The van der Waals surface area contributed by atoms with Gasteiger partial charge in [0.25, 0.3) is 5.91 Å². The van der Waals surface area contributed by atoms with Crippen molar-refractivity contribution in [2.75, 3.05) is 5.32 Å². The molecule has 1 amide bonds. The molecule has 7 heteroatoms. The number of rotatable bonds is 3. The number of hydrogen-bond donors (Lipinski definition) is 1. The van der Waals surface area contributed by atoms with Gasteiger partial charge in [-0.3, -0.25) is 4.79 Å². The van der Waals surface area contributed by atoms with Crippen LogP contribution in [-0.2, 0) is 5.41 Å². The van der Waals surface area contributed by atoms with Gasteiger partial charge in [-0.25, -0.2) is 14.1 Å². The molecule has 3 aromatic rings. The van der Waals surface area contributed by atoms with E-state index in [-0.39, 0.29) is 17.1 Å². The number of carbonyl (C=O) groups is 1. The Morgan fingerprint density at radius 1 is 1.15 bits per heavy atom. The van der Waals surface area contributed by atoms with E-state index in [1.165, 1.54) is 18.3 Å². The van der Waals surface area contributed by atoms with Crippen LogP contribution in [-0.4, -0.2) is 20.7 Å². The van der Waals surface area contributed by atoms with Crippen LogP contribution in [0.25, 0.3) is 5.69 Å². The number of anilines is 1. The molecule has 0 saturated carbocycles. The molecule has 0 saturated heterocycles. The van der Waals surface area contributed by atoms with Crippen LogP contribution in [0.5, 0.6) is 0 Å². The summed E-state index contributed by atoms with van der Waals surface area (Å²) in [6.45, 7) is 6.08. The summed E-state index contributed by atoms with van der Waals surface area (Å²) in [5.74, 6) is -0.186. The van der Waals surface area contributed by atoms with Gasteiger partial charge in [-0.1, -0.05) is 32.4 Å². The molecule has 1 N–H and O–H groups in total. The molecule has 0 bridgehead atoms. The van der Waals surface area contributed by atoms with Crippen LogP contribution in [0, 0.1) is 5.82 Å². The summed E-state index contributed by atoms with van der Waals surface area (Å²) in [4.78, 5) is 16.4. The second-order valence-corrected chi connectivity index (χ2v) is 7.26. The highest BCUT2D eigenvalue weighted by molar-refractivity contribution is 6.29. The maximum absolute atomic E-state index is 13.2. The van der Waals surface area contributed by atoms with Gasteiger partial charge < -0.3 is 5.32 Å².